The van der Waals surface area contributed by atoms with E-state index in [0.717, 1.165) is 12.2 Å². The summed E-state index contributed by atoms with van der Waals surface area (Å²) >= 11 is 1.87. The third-order valence-corrected chi connectivity index (χ3v) is 5.03. The van der Waals surface area contributed by atoms with Crippen molar-refractivity contribution in [3.8, 4) is 5.75 Å². The summed E-state index contributed by atoms with van der Waals surface area (Å²) < 4.78 is 5.25. The van der Waals surface area contributed by atoms with Crippen LogP contribution in [0.5, 0.6) is 5.75 Å². The van der Waals surface area contributed by atoms with Crippen LogP contribution in [0.15, 0.2) is 24.3 Å². The average Bonchev–Trinajstić information content (AvgIpc) is 3.06. The predicted octanol–water partition coefficient (Wildman–Crippen LogP) is 3.73. The normalized spacial score (nSPS) is 15.2. The van der Waals surface area contributed by atoms with Crippen molar-refractivity contribution in [2.45, 2.75) is 45.2 Å². The molecule has 1 aliphatic rings. The summed E-state index contributed by atoms with van der Waals surface area (Å²) in [7, 11) is 1.70. The second-order valence-electron chi connectivity index (χ2n) is 5.80. The van der Waals surface area contributed by atoms with Gasteiger partial charge in [-0.15, -0.1) is 11.3 Å². The van der Waals surface area contributed by atoms with Gasteiger partial charge in [-0.3, -0.25) is 0 Å². The van der Waals surface area contributed by atoms with Crippen LogP contribution in [0.2, 0.25) is 0 Å². The zero-order valence-electron chi connectivity index (χ0n) is 12.8. The number of nitrogens with one attached hydrogen (secondary N) is 1. The molecule has 3 rings (SSSR count). The third kappa shape index (κ3) is 3.11. The van der Waals surface area contributed by atoms with Gasteiger partial charge in [0, 0.05) is 10.9 Å². The second kappa shape index (κ2) is 6.16. The fourth-order valence-corrected chi connectivity index (χ4v) is 4.02. The first kappa shape index (κ1) is 14.5. The van der Waals surface area contributed by atoms with Gasteiger partial charge in [-0.1, -0.05) is 12.1 Å². The van der Waals surface area contributed by atoms with E-state index in [4.69, 9.17) is 9.72 Å². The fourth-order valence-electron chi connectivity index (χ4n) is 2.77. The van der Waals surface area contributed by atoms with Crippen molar-refractivity contribution in [2.24, 2.45) is 0 Å². The monoisotopic (exact) mass is 302 g/mol. The fraction of sp³-hybridized carbons (Fsp3) is 0.471. The number of aryl methyl sites for hydroxylation is 2. The summed E-state index contributed by atoms with van der Waals surface area (Å²) in [6.07, 6.45) is 3.60. The molecule has 0 amide bonds. The molecule has 1 unspecified atom stereocenters. The number of hydrogen-bond donors (Lipinski definition) is 1. The van der Waals surface area contributed by atoms with E-state index in [-0.39, 0.29) is 6.04 Å². The smallest absolute Gasteiger partial charge is 0.118 e. The number of thiazole rings is 1. The molecule has 0 saturated carbocycles. The molecule has 0 radical (unpaired) electrons. The SMILES string of the molecule is COc1ccc(C(NC(C)C)c2nc3c(s2)CCC3)cc1. The van der Waals surface area contributed by atoms with Crippen LogP contribution < -0.4 is 10.1 Å². The average molecular weight is 302 g/mol. The minimum Gasteiger partial charge on any atom is -0.497 e. The first-order valence-electron chi connectivity index (χ1n) is 7.56. The molecule has 2 aromatic rings. The number of fused-ring (bicyclic) bond motifs is 1. The lowest BCUT2D eigenvalue weighted by Gasteiger charge is -2.20. The maximum atomic E-state index is 5.25. The first-order chi connectivity index (χ1) is 10.2. The quantitative estimate of drug-likeness (QED) is 0.914. The maximum absolute atomic E-state index is 5.25. The molecule has 1 heterocycles. The molecule has 0 fully saturated rings. The summed E-state index contributed by atoms with van der Waals surface area (Å²) in [5.74, 6) is 0.892. The summed E-state index contributed by atoms with van der Waals surface area (Å²) in [6.45, 7) is 4.36. The molecule has 0 spiro atoms. The Morgan fingerprint density at radius 2 is 1.95 bits per heavy atom. The molecule has 0 bridgehead atoms. The topological polar surface area (TPSA) is 34.1 Å². The zero-order valence-corrected chi connectivity index (χ0v) is 13.7. The summed E-state index contributed by atoms with van der Waals surface area (Å²) in [5.41, 5.74) is 2.57. The molecule has 0 saturated heterocycles. The number of benzene rings is 1. The van der Waals surface area contributed by atoms with Gasteiger partial charge >= 0.3 is 0 Å². The van der Waals surface area contributed by atoms with Crippen molar-refractivity contribution in [3.05, 3.63) is 45.4 Å². The van der Waals surface area contributed by atoms with E-state index in [2.05, 4.69) is 31.3 Å². The first-order valence-corrected chi connectivity index (χ1v) is 8.37. The minimum absolute atomic E-state index is 0.173. The highest BCUT2D eigenvalue weighted by Crippen LogP contribution is 2.33. The molecule has 3 nitrogen and oxygen atoms in total. The van der Waals surface area contributed by atoms with Gasteiger partial charge in [0.15, 0.2) is 0 Å². The molecule has 0 aliphatic heterocycles. The van der Waals surface area contributed by atoms with E-state index in [1.165, 1.54) is 34.0 Å². The van der Waals surface area contributed by atoms with Gasteiger partial charge in [-0.05, 0) is 50.8 Å². The van der Waals surface area contributed by atoms with Gasteiger partial charge in [0.1, 0.15) is 10.8 Å². The Kier molecular flexibility index (Phi) is 4.27. The molecule has 1 aliphatic carbocycles. The highest BCUT2D eigenvalue weighted by atomic mass is 32.1. The van der Waals surface area contributed by atoms with Crippen LogP contribution in [-0.2, 0) is 12.8 Å². The van der Waals surface area contributed by atoms with Crippen LogP contribution in [0.25, 0.3) is 0 Å². The van der Waals surface area contributed by atoms with Crippen LogP contribution in [0.4, 0.5) is 0 Å². The van der Waals surface area contributed by atoms with E-state index in [1.54, 1.807) is 7.11 Å². The van der Waals surface area contributed by atoms with Crippen LogP contribution >= 0.6 is 11.3 Å². The Morgan fingerprint density at radius 1 is 1.19 bits per heavy atom. The summed E-state index contributed by atoms with van der Waals surface area (Å²) in [4.78, 5) is 6.37. The number of methoxy groups -OCH3 is 1. The van der Waals surface area contributed by atoms with Gasteiger partial charge in [0.05, 0.1) is 18.8 Å². The van der Waals surface area contributed by atoms with Crippen molar-refractivity contribution in [1.82, 2.24) is 10.3 Å². The lowest BCUT2D eigenvalue weighted by molar-refractivity contribution is 0.414. The Morgan fingerprint density at radius 3 is 2.57 bits per heavy atom. The van der Waals surface area contributed by atoms with Crippen molar-refractivity contribution < 1.29 is 4.74 Å². The van der Waals surface area contributed by atoms with E-state index < -0.39 is 0 Å². The Bertz CT molecular complexity index is 582. The molecular weight excluding hydrogens is 280 g/mol. The standard InChI is InChI=1S/C17H22N2OS/c1-11(2)18-16(12-7-9-13(20-3)10-8-12)17-19-14-5-4-6-15(14)21-17/h7-11,16,18H,4-6H2,1-3H3. The highest BCUT2D eigenvalue weighted by molar-refractivity contribution is 7.11. The van der Waals surface area contributed by atoms with Crippen LogP contribution in [0.3, 0.4) is 0 Å². The number of rotatable bonds is 5. The molecule has 4 heteroatoms. The van der Waals surface area contributed by atoms with Crippen molar-refractivity contribution in [1.29, 1.82) is 0 Å². The number of hydrogen-bond acceptors (Lipinski definition) is 4. The molecule has 112 valence electrons. The Balaban J connectivity index is 1.92. The molecule has 1 aromatic carbocycles. The van der Waals surface area contributed by atoms with Gasteiger partial charge in [0.2, 0.25) is 0 Å². The minimum atomic E-state index is 0.173. The van der Waals surface area contributed by atoms with E-state index in [9.17, 15) is 0 Å². The maximum Gasteiger partial charge on any atom is 0.118 e. The van der Waals surface area contributed by atoms with Crippen LogP contribution in [0.1, 0.15) is 47.5 Å². The van der Waals surface area contributed by atoms with Gasteiger partial charge in [-0.25, -0.2) is 4.98 Å². The van der Waals surface area contributed by atoms with Crippen molar-refractivity contribution >= 4 is 11.3 Å². The molecule has 1 atom stereocenters. The Hall–Kier alpha value is -1.39. The molecule has 21 heavy (non-hydrogen) atoms. The zero-order chi connectivity index (χ0) is 14.8. The van der Waals surface area contributed by atoms with Crippen LogP contribution in [-0.4, -0.2) is 18.1 Å². The number of nitrogens with zero attached hydrogens (tertiary/aromatic N) is 1. The van der Waals surface area contributed by atoms with Gasteiger partial charge in [0.25, 0.3) is 0 Å². The number of aromatic nitrogens is 1. The highest BCUT2D eigenvalue weighted by Gasteiger charge is 2.23. The molecular formula is C17H22N2OS. The molecule has 1 N–H and O–H groups in total. The lowest BCUT2D eigenvalue weighted by Crippen LogP contribution is -2.28. The third-order valence-electron chi connectivity index (χ3n) is 3.81. The van der Waals surface area contributed by atoms with Crippen LogP contribution in [0, 0.1) is 0 Å². The largest absolute Gasteiger partial charge is 0.497 e. The van der Waals surface area contributed by atoms with Crippen molar-refractivity contribution in [3.63, 3.8) is 0 Å². The van der Waals surface area contributed by atoms with E-state index in [0.29, 0.717) is 6.04 Å². The predicted molar refractivity (Wildman–Crippen MR) is 87.2 cm³/mol. The van der Waals surface area contributed by atoms with E-state index >= 15 is 0 Å². The summed E-state index contributed by atoms with van der Waals surface area (Å²) in [6, 6.07) is 8.89. The lowest BCUT2D eigenvalue weighted by atomic mass is 10.1. The summed E-state index contributed by atoms with van der Waals surface area (Å²) in [5, 5.41) is 4.84. The van der Waals surface area contributed by atoms with E-state index in [1.807, 2.05) is 23.5 Å². The Labute approximate surface area is 130 Å². The van der Waals surface area contributed by atoms with Gasteiger partial charge < -0.3 is 10.1 Å². The van der Waals surface area contributed by atoms with Gasteiger partial charge in [-0.2, -0.15) is 0 Å². The second-order valence-corrected chi connectivity index (χ2v) is 6.92. The number of ether oxygens (including phenoxy) is 1. The van der Waals surface area contributed by atoms with Crippen molar-refractivity contribution in [2.75, 3.05) is 7.11 Å². The molecule has 1 aromatic heterocycles.